The number of benzene rings is 6. The highest BCUT2D eigenvalue weighted by Crippen LogP contribution is 2.43. The van der Waals surface area contributed by atoms with Crippen LogP contribution in [0, 0.1) is 13.8 Å². The standard InChI is InChI=1S/C38H28BN/c1-25-10-8-15-31(20-25)40-36-21-26(2)18-19-35(36)39-34-17-7-6-16-32(34)33-23-30(24-37(40)38(33)39)29-14-9-13-28(22-29)27-11-4-3-5-12-27/h3-24H,1-2H3. The second-order valence-electron chi connectivity index (χ2n) is 11.2. The molecule has 2 aliphatic rings. The molecule has 0 aliphatic carbocycles. The Morgan fingerprint density at radius 3 is 2.02 bits per heavy atom. The quantitative estimate of drug-likeness (QED) is 0.219. The van der Waals surface area contributed by atoms with Crippen molar-refractivity contribution in [1.29, 1.82) is 0 Å². The van der Waals surface area contributed by atoms with Gasteiger partial charge in [-0.15, -0.1) is 0 Å². The lowest BCUT2D eigenvalue weighted by Gasteiger charge is -2.36. The first-order chi connectivity index (χ1) is 19.7. The molecular weight excluding hydrogens is 481 g/mol. The fourth-order valence-electron chi connectivity index (χ4n) is 6.76. The van der Waals surface area contributed by atoms with E-state index in [1.165, 1.54) is 78.0 Å². The second-order valence-corrected chi connectivity index (χ2v) is 11.2. The van der Waals surface area contributed by atoms with Crippen LogP contribution < -0.4 is 21.3 Å². The van der Waals surface area contributed by atoms with Crippen LogP contribution in [0.25, 0.3) is 33.4 Å². The maximum atomic E-state index is 2.50. The summed E-state index contributed by atoms with van der Waals surface area (Å²) >= 11 is 0. The van der Waals surface area contributed by atoms with Crippen molar-refractivity contribution >= 4 is 40.2 Å². The van der Waals surface area contributed by atoms with Crippen LogP contribution in [0.5, 0.6) is 0 Å². The van der Waals surface area contributed by atoms with E-state index in [0.717, 1.165) is 0 Å². The molecular formula is C38H28BN. The number of nitrogens with zero attached hydrogens (tertiary/aromatic N) is 1. The summed E-state index contributed by atoms with van der Waals surface area (Å²) in [4.78, 5) is 2.50. The molecule has 0 N–H and O–H groups in total. The summed E-state index contributed by atoms with van der Waals surface area (Å²) in [6, 6.07) is 49.4. The molecule has 188 valence electrons. The number of aryl methyl sites for hydroxylation is 2. The minimum absolute atomic E-state index is 0.238. The second kappa shape index (κ2) is 8.86. The van der Waals surface area contributed by atoms with Gasteiger partial charge in [-0.25, -0.2) is 0 Å². The third-order valence-electron chi connectivity index (χ3n) is 8.55. The van der Waals surface area contributed by atoms with Crippen molar-refractivity contribution in [3.8, 4) is 33.4 Å². The van der Waals surface area contributed by atoms with E-state index in [4.69, 9.17) is 0 Å². The molecule has 6 aromatic rings. The molecule has 0 unspecified atom stereocenters. The van der Waals surface area contributed by atoms with Crippen molar-refractivity contribution in [2.75, 3.05) is 4.90 Å². The van der Waals surface area contributed by atoms with Gasteiger partial charge in [0.1, 0.15) is 0 Å². The van der Waals surface area contributed by atoms with Crippen molar-refractivity contribution in [3.05, 3.63) is 145 Å². The van der Waals surface area contributed by atoms with Crippen molar-refractivity contribution in [2.45, 2.75) is 13.8 Å². The first-order valence-corrected chi connectivity index (χ1v) is 14.1. The SMILES string of the molecule is Cc1cccc(N2c3cc(C)ccc3B3c4ccccc4-c4cc(-c5cccc(-c6ccccc6)c5)cc2c43)c1. The lowest BCUT2D eigenvalue weighted by atomic mass is 9.37. The summed E-state index contributed by atoms with van der Waals surface area (Å²) in [6.07, 6.45) is 0. The summed E-state index contributed by atoms with van der Waals surface area (Å²) in [6.45, 7) is 4.62. The third kappa shape index (κ3) is 3.49. The van der Waals surface area contributed by atoms with Crippen molar-refractivity contribution in [3.63, 3.8) is 0 Å². The maximum Gasteiger partial charge on any atom is 0.248 e. The van der Waals surface area contributed by atoms with E-state index in [0.29, 0.717) is 0 Å². The highest BCUT2D eigenvalue weighted by atomic mass is 15.2. The minimum Gasteiger partial charge on any atom is -0.311 e. The van der Waals surface area contributed by atoms with Gasteiger partial charge in [-0.3, -0.25) is 0 Å². The van der Waals surface area contributed by atoms with Crippen LogP contribution in [-0.2, 0) is 0 Å². The van der Waals surface area contributed by atoms with Gasteiger partial charge < -0.3 is 4.90 Å². The van der Waals surface area contributed by atoms with Gasteiger partial charge in [0.05, 0.1) is 0 Å². The Labute approximate surface area is 236 Å². The molecule has 0 aromatic heterocycles. The number of hydrogen-bond donors (Lipinski definition) is 0. The maximum absolute atomic E-state index is 2.50. The highest BCUT2D eigenvalue weighted by molar-refractivity contribution is 7.01. The average Bonchev–Trinajstić information content (AvgIpc) is 3.33. The molecule has 0 bridgehead atoms. The van der Waals surface area contributed by atoms with E-state index < -0.39 is 0 Å². The number of anilines is 3. The molecule has 0 saturated heterocycles. The summed E-state index contributed by atoms with van der Waals surface area (Å²) < 4.78 is 0. The van der Waals surface area contributed by atoms with Gasteiger partial charge in [-0.05, 0) is 106 Å². The minimum atomic E-state index is 0.238. The Bertz CT molecular complexity index is 1940. The predicted molar refractivity (Wildman–Crippen MR) is 172 cm³/mol. The van der Waals surface area contributed by atoms with E-state index >= 15 is 0 Å². The zero-order valence-corrected chi connectivity index (χ0v) is 22.7. The molecule has 2 heteroatoms. The fraction of sp³-hybridized carbons (Fsp3) is 0.0526. The van der Waals surface area contributed by atoms with Gasteiger partial charge >= 0.3 is 0 Å². The monoisotopic (exact) mass is 509 g/mol. The van der Waals surface area contributed by atoms with Crippen molar-refractivity contribution in [2.24, 2.45) is 0 Å². The number of hydrogen-bond acceptors (Lipinski definition) is 1. The van der Waals surface area contributed by atoms with Gasteiger partial charge in [0.2, 0.25) is 6.71 Å². The molecule has 6 aromatic carbocycles. The molecule has 0 radical (unpaired) electrons. The van der Waals surface area contributed by atoms with E-state index in [2.05, 4.69) is 152 Å². The Morgan fingerprint density at radius 1 is 0.450 bits per heavy atom. The molecule has 0 atom stereocenters. The molecule has 2 aliphatic heterocycles. The van der Waals surface area contributed by atoms with E-state index in [9.17, 15) is 0 Å². The molecule has 0 amide bonds. The molecule has 0 fully saturated rings. The Balaban J connectivity index is 1.42. The Kier molecular flexibility index (Phi) is 5.12. The summed E-state index contributed by atoms with van der Waals surface area (Å²) in [7, 11) is 0. The zero-order valence-electron chi connectivity index (χ0n) is 22.7. The van der Waals surface area contributed by atoms with Crippen LogP contribution in [0.2, 0.25) is 0 Å². The number of fused-ring (bicyclic) bond motifs is 5. The van der Waals surface area contributed by atoms with Gasteiger partial charge in [-0.1, -0.05) is 103 Å². The van der Waals surface area contributed by atoms with Gasteiger partial charge in [-0.2, -0.15) is 0 Å². The summed E-state index contributed by atoms with van der Waals surface area (Å²) in [5, 5.41) is 0. The van der Waals surface area contributed by atoms with Crippen LogP contribution >= 0.6 is 0 Å². The Hall–Kier alpha value is -4.82. The van der Waals surface area contributed by atoms with E-state index in [1.54, 1.807) is 0 Å². The van der Waals surface area contributed by atoms with Crippen molar-refractivity contribution < 1.29 is 0 Å². The van der Waals surface area contributed by atoms with Crippen LogP contribution in [-0.4, -0.2) is 6.71 Å². The van der Waals surface area contributed by atoms with Crippen LogP contribution in [0.15, 0.2) is 133 Å². The average molecular weight is 509 g/mol. The number of rotatable bonds is 3. The van der Waals surface area contributed by atoms with Gasteiger partial charge in [0, 0.05) is 17.1 Å². The largest absolute Gasteiger partial charge is 0.311 e. The predicted octanol–water partition coefficient (Wildman–Crippen LogP) is 7.92. The van der Waals surface area contributed by atoms with E-state index in [1.807, 2.05) is 0 Å². The molecule has 2 heterocycles. The first kappa shape index (κ1) is 23.1. The topological polar surface area (TPSA) is 3.24 Å². The summed E-state index contributed by atoms with van der Waals surface area (Å²) in [5.41, 5.74) is 18.2. The lowest BCUT2D eigenvalue weighted by molar-refractivity contribution is 1.27. The normalized spacial score (nSPS) is 12.7. The zero-order chi connectivity index (χ0) is 26.8. The molecule has 8 rings (SSSR count). The van der Waals surface area contributed by atoms with Gasteiger partial charge in [0.25, 0.3) is 0 Å². The van der Waals surface area contributed by atoms with Crippen LogP contribution in [0.3, 0.4) is 0 Å². The molecule has 0 saturated carbocycles. The first-order valence-electron chi connectivity index (χ1n) is 14.1. The smallest absolute Gasteiger partial charge is 0.248 e. The van der Waals surface area contributed by atoms with Crippen LogP contribution in [0.4, 0.5) is 17.1 Å². The summed E-state index contributed by atoms with van der Waals surface area (Å²) in [5.74, 6) is 0. The molecule has 1 nitrogen and oxygen atoms in total. The Morgan fingerprint density at radius 2 is 1.18 bits per heavy atom. The molecule has 40 heavy (non-hydrogen) atoms. The molecule has 0 spiro atoms. The highest BCUT2D eigenvalue weighted by Gasteiger charge is 2.42. The third-order valence-corrected chi connectivity index (χ3v) is 8.55. The van der Waals surface area contributed by atoms with E-state index in [-0.39, 0.29) is 6.71 Å². The lowest BCUT2D eigenvalue weighted by Crippen LogP contribution is -2.54. The van der Waals surface area contributed by atoms with Crippen molar-refractivity contribution in [1.82, 2.24) is 0 Å². The van der Waals surface area contributed by atoms with Gasteiger partial charge in [0.15, 0.2) is 0 Å². The van der Waals surface area contributed by atoms with Crippen LogP contribution in [0.1, 0.15) is 11.1 Å². The fourth-order valence-corrected chi connectivity index (χ4v) is 6.76.